The van der Waals surface area contributed by atoms with Gasteiger partial charge in [0.25, 0.3) is 0 Å². The van der Waals surface area contributed by atoms with Crippen LogP contribution in [0.2, 0.25) is 0 Å². The fourth-order valence-corrected chi connectivity index (χ4v) is 3.35. The number of halogens is 1. The van der Waals surface area contributed by atoms with Crippen molar-refractivity contribution in [1.29, 1.82) is 0 Å². The lowest BCUT2D eigenvalue weighted by Crippen LogP contribution is -2.34. The number of piperidine rings is 1. The summed E-state index contributed by atoms with van der Waals surface area (Å²) in [6.07, 6.45) is 2.46. The number of likely N-dealkylation sites (N-methyl/N-ethyl adjacent to an activating group) is 1. The van der Waals surface area contributed by atoms with E-state index >= 15 is 0 Å². The molecule has 1 aliphatic heterocycles. The third kappa shape index (κ3) is 2.26. The molecule has 0 spiro atoms. The first-order valence-electron chi connectivity index (χ1n) is 6.91. The van der Waals surface area contributed by atoms with Crippen molar-refractivity contribution in [3.63, 3.8) is 0 Å². The Morgan fingerprint density at radius 1 is 1.42 bits per heavy atom. The van der Waals surface area contributed by atoms with Crippen LogP contribution in [0.15, 0.2) is 18.2 Å². The molecule has 3 nitrogen and oxygen atoms in total. The number of fused-ring (bicyclic) bond motifs is 1. The summed E-state index contributed by atoms with van der Waals surface area (Å²) in [7, 11) is 2.19. The second-order valence-corrected chi connectivity index (χ2v) is 5.80. The van der Waals surface area contributed by atoms with Gasteiger partial charge in [-0.1, -0.05) is 12.1 Å². The Hall–Kier alpha value is -1.06. The number of hydrogen-bond donors (Lipinski definition) is 0. The van der Waals surface area contributed by atoms with E-state index in [4.69, 9.17) is 16.6 Å². The summed E-state index contributed by atoms with van der Waals surface area (Å²) in [6.45, 7) is 4.40. The maximum Gasteiger partial charge on any atom is 0.125 e. The van der Waals surface area contributed by atoms with Crippen LogP contribution in [-0.4, -0.2) is 34.6 Å². The maximum absolute atomic E-state index is 6.11. The second kappa shape index (κ2) is 5.14. The Bertz CT molecular complexity index is 590. The smallest absolute Gasteiger partial charge is 0.125 e. The zero-order valence-corrected chi connectivity index (χ0v) is 12.3. The van der Waals surface area contributed by atoms with Crippen LogP contribution in [-0.2, 0) is 5.88 Å². The molecule has 1 aromatic heterocycles. The van der Waals surface area contributed by atoms with E-state index in [1.807, 2.05) is 0 Å². The van der Waals surface area contributed by atoms with Gasteiger partial charge in [0.05, 0.1) is 16.9 Å². The molecule has 1 saturated heterocycles. The predicted octanol–water partition coefficient (Wildman–Crippen LogP) is 3.35. The largest absolute Gasteiger partial charge is 0.323 e. The third-order valence-corrected chi connectivity index (χ3v) is 4.32. The maximum atomic E-state index is 6.11. The van der Waals surface area contributed by atoms with Crippen LogP contribution in [0, 0.1) is 6.92 Å². The first kappa shape index (κ1) is 12.9. The number of rotatable bonds is 2. The summed E-state index contributed by atoms with van der Waals surface area (Å²) >= 11 is 6.11. The molecule has 1 aliphatic rings. The molecule has 4 heteroatoms. The summed E-state index contributed by atoms with van der Waals surface area (Å²) in [5.74, 6) is 1.49. The lowest BCUT2D eigenvalue weighted by atomic mass is 10.1. The number of nitrogens with zero attached hydrogens (tertiary/aromatic N) is 3. The molecule has 0 bridgehead atoms. The molecule has 3 rings (SSSR count). The number of aromatic nitrogens is 2. The zero-order valence-electron chi connectivity index (χ0n) is 11.6. The topological polar surface area (TPSA) is 21.1 Å². The van der Waals surface area contributed by atoms with Crippen LogP contribution in [0.3, 0.4) is 0 Å². The van der Waals surface area contributed by atoms with E-state index in [0.29, 0.717) is 11.9 Å². The van der Waals surface area contributed by atoms with Crippen molar-refractivity contribution in [2.24, 2.45) is 0 Å². The minimum atomic E-state index is 0.480. The summed E-state index contributed by atoms with van der Waals surface area (Å²) in [5.41, 5.74) is 3.56. The molecule has 0 radical (unpaired) electrons. The summed E-state index contributed by atoms with van der Waals surface area (Å²) in [5, 5.41) is 0. The van der Waals surface area contributed by atoms with E-state index in [1.54, 1.807) is 0 Å². The minimum absolute atomic E-state index is 0.480. The van der Waals surface area contributed by atoms with Gasteiger partial charge in [-0.3, -0.25) is 0 Å². The average Bonchev–Trinajstić information content (AvgIpc) is 2.78. The molecule has 19 heavy (non-hydrogen) atoms. The Balaban J connectivity index is 2.13. The molecule has 0 amide bonds. The van der Waals surface area contributed by atoms with Crippen LogP contribution < -0.4 is 0 Å². The van der Waals surface area contributed by atoms with Gasteiger partial charge in [0.1, 0.15) is 5.82 Å². The van der Waals surface area contributed by atoms with E-state index in [1.165, 1.54) is 30.5 Å². The number of imidazole rings is 1. The number of aryl methyl sites for hydroxylation is 1. The van der Waals surface area contributed by atoms with E-state index < -0.39 is 0 Å². The van der Waals surface area contributed by atoms with Crippen molar-refractivity contribution in [2.75, 3.05) is 20.1 Å². The van der Waals surface area contributed by atoms with Crippen molar-refractivity contribution in [2.45, 2.75) is 31.7 Å². The van der Waals surface area contributed by atoms with Gasteiger partial charge in [0, 0.05) is 12.6 Å². The van der Waals surface area contributed by atoms with Gasteiger partial charge in [-0.05, 0) is 45.0 Å². The molecule has 0 saturated carbocycles. The molecular formula is C15H20ClN3. The molecule has 2 heterocycles. The van der Waals surface area contributed by atoms with E-state index in [-0.39, 0.29) is 0 Å². The molecule has 0 N–H and O–H groups in total. The van der Waals surface area contributed by atoms with Gasteiger partial charge in [-0.2, -0.15) is 0 Å². The van der Waals surface area contributed by atoms with Gasteiger partial charge in [0.2, 0.25) is 0 Å². The molecular weight excluding hydrogens is 258 g/mol. The van der Waals surface area contributed by atoms with Crippen molar-refractivity contribution < 1.29 is 0 Å². The highest BCUT2D eigenvalue weighted by atomic mass is 35.5. The Morgan fingerprint density at radius 2 is 2.26 bits per heavy atom. The second-order valence-electron chi connectivity index (χ2n) is 5.53. The highest BCUT2D eigenvalue weighted by molar-refractivity contribution is 6.16. The van der Waals surface area contributed by atoms with Gasteiger partial charge in [-0.25, -0.2) is 4.98 Å². The number of likely N-dealkylation sites (tertiary alicyclic amines) is 1. The summed E-state index contributed by atoms with van der Waals surface area (Å²) < 4.78 is 2.37. The highest BCUT2D eigenvalue weighted by Gasteiger charge is 2.23. The van der Waals surface area contributed by atoms with Crippen molar-refractivity contribution in [3.8, 4) is 0 Å². The number of hydrogen-bond acceptors (Lipinski definition) is 2. The highest BCUT2D eigenvalue weighted by Crippen LogP contribution is 2.29. The SMILES string of the molecule is Cc1cccc2c1nc(CCl)n2C1CCCN(C)C1. The van der Waals surface area contributed by atoms with E-state index in [0.717, 1.165) is 17.9 Å². The van der Waals surface area contributed by atoms with E-state index in [2.05, 4.69) is 41.6 Å². The Labute approximate surface area is 119 Å². The first-order chi connectivity index (χ1) is 9.20. The Kier molecular flexibility index (Phi) is 3.50. The lowest BCUT2D eigenvalue weighted by molar-refractivity contribution is 0.213. The lowest BCUT2D eigenvalue weighted by Gasteiger charge is -2.31. The fourth-order valence-electron chi connectivity index (χ4n) is 3.16. The summed E-state index contributed by atoms with van der Waals surface area (Å²) in [4.78, 5) is 7.14. The van der Waals surface area contributed by atoms with Crippen molar-refractivity contribution >= 4 is 22.6 Å². The average molecular weight is 278 g/mol. The molecule has 102 valence electrons. The van der Waals surface area contributed by atoms with Crippen LogP contribution >= 0.6 is 11.6 Å². The zero-order chi connectivity index (χ0) is 13.4. The first-order valence-corrected chi connectivity index (χ1v) is 7.45. The van der Waals surface area contributed by atoms with E-state index in [9.17, 15) is 0 Å². The van der Waals surface area contributed by atoms with Crippen molar-refractivity contribution in [3.05, 3.63) is 29.6 Å². The molecule has 1 unspecified atom stereocenters. The fraction of sp³-hybridized carbons (Fsp3) is 0.533. The van der Waals surface area contributed by atoms with Crippen LogP contribution in [0.25, 0.3) is 11.0 Å². The summed E-state index contributed by atoms with van der Waals surface area (Å²) in [6, 6.07) is 6.89. The van der Waals surface area contributed by atoms with Crippen molar-refractivity contribution in [1.82, 2.24) is 14.5 Å². The monoisotopic (exact) mass is 277 g/mol. The minimum Gasteiger partial charge on any atom is -0.323 e. The quantitative estimate of drug-likeness (QED) is 0.785. The molecule has 2 aromatic rings. The third-order valence-electron chi connectivity index (χ3n) is 4.08. The predicted molar refractivity (Wildman–Crippen MR) is 79.8 cm³/mol. The van der Waals surface area contributed by atoms with Gasteiger partial charge >= 0.3 is 0 Å². The number of para-hydroxylation sites is 1. The van der Waals surface area contributed by atoms with Gasteiger partial charge < -0.3 is 9.47 Å². The number of alkyl halides is 1. The van der Waals surface area contributed by atoms with Crippen LogP contribution in [0.1, 0.15) is 30.3 Å². The van der Waals surface area contributed by atoms with Gasteiger partial charge in [0.15, 0.2) is 0 Å². The molecule has 1 atom stereocenters. The number of benzene rings is 1. The van der Waals surface area contributed by atoms with Crippen LogP contribution in [0.4, 0.5) is 0 Å². The molecule has 1 fully saturated rings. The Morgan fingerprint density at radius 3 is 3.00 bits per heavy atom. The van der Waals surface area contributed by atoms with Gasteiger partial charge in [-0.15, -0.1) is 11.6 Å². The standard InChI is InChI=1S/C15H20ClN3/c1-11-5-3-7-13-15(11)17-14(9-16)19(13)12-6-4-8-18(2)10-12/h3,5,7,12H,4,6,8-10H2,1-2H3. The normalized spacial score (nSPS) is 21.1. The van der Waals surface area contributed by atoms with Crippen LogP contribution in [0.5, 0.6) is 0 Å². The molecule has 1 aromatic carbocycles. The molecule has 0 aliphatic carbocycles.